The SMILES string of the molecule is O=C(c1ccc[n+]([O-])c1)N1CCC(C(=O)N2CCCC2)CC1. The predicted molar refractivity (Wildman–Crippen MR) is 79.8 cm³/mol. The molecule has 0 radical (unpaired) electrons. The first-order valence-corrected chi connectivity index (χ1v) is 7.92. The Hall–Kier alpha value is -2.11. The van der Waals surface area contributed by atoms with Gasteiger partial charge in [-0.3, -0.25) is 9.59 Å². The van der Waals surface area contributed by atoms with Crippen molar-refractivity contribution >= 4 is 11.8 Å². The summed E-state index contributed by atoms with van der Waals surface area (Å²) < 4.78 is 0.636. The molecule has 1 aromatic rings. The molecule has 3 rings (SSSR count). The molecule has 6 nitrogen and oxygen atoms in total. The van der Waals surface area contributed by atoms with Gasteiger partial charge in [0.1, 0.15) is 5.56 Å². The molecule has 2 fully saturated rings. The van der Waals surface area contributed by atoms with E-state index in [0.717, 1.165) is 25.9 Å². The van der Waals surface area contributed by atoms with Gasteiger partial charge in [0.05, 0.1) is 0 Å². The Morgan fingerprint density at radius 2 is 1.77 bits per heavy atom. The average Bonchev–Trinajstić information content (AvgIpc) is 3.08. The first kappa shape index (κ1) is 14.8. The number of rotatable bonds is 2. The van der Waals surface area contributed by atoms with Gasteiger partial charge in [0.25, 0.3) is 5.91 Å². The van der Waals surface area contributed by atoms with Crippen LogP contribution in [0.25, 0.3) is 0 Å². The Bertz CT molecular complexity index is 562. The summed E-state index contributed by atoms with van der Waals surface area (Å²) in [6, 6.07) is 3.22. The van der Waals surface area contributed by atoms with Gasteiger partial charge in [0.2, 0.25) is 5.91 Å². The topological polar surface area (TPSA) is 67.6 Å². The minimum absolute atomic E-state index is 0.0439. The first-order valence-electron chi connectivity index (χ1n) is 7.92. The van der Waals surface area contributed by atoms with Crippen molar-refractivity contribution in [3.8, 4) is 0 Å². The molecule has 0 atom stereocenters. The number of piperidine rings is 1. The number of likely N-dealkylation sites (tertiary alicyclic amines) is 2. The van der Waals surface area contributed by atoms with Gasteiger partial charge in [-0.05, 0) is 31.7 Å². The molecule has 2 aliphatic rings. The first-order chi connectivity index (χ1) is 10.6. The van der Waals surface area contributed by atoms with E-state index in [9.17, 15) is 14.8 Å². The number of hydrogen-bond donors (Lipinski definition) is 0. The van der Waals surface area contributed by atoms with Gasteiger partial charge in [0, 0.05) is 38.2 Å². The minimum atomic E-state index is -0.128. The zero-order valence-electron chi connectivity index (χ0n) is 12.6. The number of pyridine rings is 1. The number of carbonyl (C=O) groups excluding carboxylic acids is 2. The highest BCUT2D eigenvalue weighted by Crippen LogP contribution is 2.22. The van der Waals surface area contributed by atoms with Gasteiger partial charge in [-0.2, -0.15) is 4.73 Å². The fourth-order valence-corrected chi connectivity index (χ4v) is 3.29. The number of carbonyl (C=O) groups is 2. The molecule has 1 aromatic heterocycles. The fraction of sp³-hybridized carbons (Fsp3) is 0.562. The maximum atomic E-state index is 12.4. The Morgan fingerprint density at radius 3 is 2.41 bits per heavy atom. The molecule has 0 unspecified atom stereocenters. The third kappa shape index (κ3) is 3.05. The molecule has 2 saturated heterocycles. The van der Waals surface area contributed by atoms with E-state index < -0.39 is 0 Å². The molecule has 118 valence electrons. The van der Waals surface area contributed by atoms with Crippen LogP contribution < -0.4 is 4.73 Å². The summed E-state index contributed by atoms with van der Waals surface area (Å²) in [5, 5.41) is 11.3. The molecule has 0 saturated carbocycles. The van der Waals surface area contributed by atoms with Crippen molar-refractivity contribution in [3.63, 3.8) is 0 Å². The molecule has 2 amide bonds. The van der Waals surface area contributed by atoms with Crippen molar-refractivity contribution < 1.29 is 14.3 Å². The van der Waals surface area contributed by atoms with E-state index in [1.165, 1.54) is 12.4 Å². The smallest absolute Gasteiger partial charge is 0.259 e. The highest BCUT2D eigenvalue weighted by molar-refractivity contribution is 5.93. The van der Waals surface area contributed by atoms with Crippen LogP contribution in [0.4, 0.5) is 0 Å². The largest absolute Gasteiger partial charge is 0.619 e. The highest BCUT2D eigenvalue weighted by atomic mass is 16.5. The van der Waals surface area contributed by atoms with Crippen LogP contribution in [0.15, 0.2) is 24.5 Å². The van der Waals surface area contributed by atoms with E-state index in [1.807, 2.05) is 4.90 Å². The lowest BCUT2D eigenvalue weighted by Crippen LogP contribution is -2.44. The van der Waals surface area contributed by atoms with Crippen LogP contribution in [0, 0.1) is 11.1 Å². The summed E-state index contributed by atoms with van der Waals surface area (Å²) in [5.41, 5.74) is 0.404. The second-order valence-electron chi connectivity index (χ2n) is 6.05. The molecule has 0 aliphatic carbocycles. The maximum absolute atomic E-state index is 12.4. The van der Waals surface area contributed by atoms with E-state index in [1.54, 1.807) is 17.0 Å². The van der Waals surface area contributed by atoms with Crippen molar-refractivity contribution in [3.05, 3.63) is 35.3 Å². The van der Waals surface area contributed by atoms with Gasteiger partial charge in [-0.1, -0.05) is 0 Å². The van der Waals surface area contributed by atoms with Gasteiger partial charge in [0.15, 0.2) is 12.4 Å². The van der Waals surface area contributed by atoms with Crippen molar-refractivity contribution in [2.24, 2.45) is 5.92 Å². The quantitative estimate of drug-likeness (QED) is 0.599. The summed E-state index contributed by atoms with van der Waals surface area (Å²) in [5.74, 6) is 0.168. The Morgan fingerprint density at radius 1 is 1.09 bits per heavy atom. The van der Waals surface area contributed by atoms with E-state index in [-0.39, 0.29) is 17.7 Å². The van der Waals surface area contributed by atoms with E-state index >= 15 is 0 Å². The van der Waals surface area contributed by atoms with Crippen molar-refractivity contribution in [2.45, 2.75) is 25.7 Å². The summed E-state index contributed by atoms with van der Waals surface area (Å²) in [6.45, 7) is 2.92. The van der Waals surface area contributed by atoms with E-state index in [4.69, 9.17) is 0 Å². The summed E-state index contributed by atoms with van der Waals surface area (Å²) in [4.78, 5) is 28.4. The van der Waals surface area contributed by atoms with Crippen LogP contribution >= 0.6 is 0 Å². The van der Waals surface area contributed by atoms with Crippen molar-refractivity contribution in [1.82, 2.24) is 9.80 Å². The average molecular weight is 303 g/mol. The van der Waals surface area contributed by atoms with Crippen LogP contribution in [0.3, 0.4) is 0 Å². The molecule has 0 N–H and O–H groups in total. The maximum Gasteiger partial charge on any atom is 0.259 e. The van der Waals surface area contributed by atoms with Crippen LogP contribution in [0.1, 0.15) is 36.0 Å². The number of nitrogens with zero attached hydrogens (tertiary/aromatic N) is 3. The molecular weight excluding hydrogens is 282 g/mol. The summed E-state index contributed by atoms with van der Waals surface area (Å²) in [6.07, 6.45) is 6.29. The number of hydrogen-bond acceptors (Lipinski definition) is 3. The van der Waals surface area contributed by atoms with Gasteiger partial charge in [-0.25, -0.2) is 0 Å². The zero-order valence-corrected chi connectivity index (χ0v) is 12.6. The third-order valence-corrected chi connectivity index (χ3v) is 4.57. The van der Waals surface area contributed by atoms with E-state index in [2.05, 4.69) is 0 Å². The molecule has 6 heteroatoms. The number of amides is 2. The normalized spacial score (nSPS) is 19.5. The van der Waals surface area contributed by atoms with Gasteiger partial charge < -0.3 is 15.0 Å². The predicted octanol–water partition coefficient (Wildman–Crippen LogP) is 0.795. The monoisotopic (exact) mass is 303 g/mol. The molecular formula is C16H21N3O3. The molecule has 0 bridgehead atoms. The molecule has 0 spiro atoms. The minimum Gasteiger partial charge on any atom is -0.619 e. The molecule has 0 aromatic carbocycles. The molecule has 3 heterocycles. The molecule has 22 heavy (non-hydrogen) atoms. The van der Waals surface area contributed by atoms with Crippen LogP contribution in [0.2, 0.25) is 0 Å². The molecule has 2 aliphatic heterocycles. The van der Waals surface area contributed by atoms with Crippen LogP contribution in [-0.4, -0.2) is 47.8 Å². The summed E-state index contributed by atoms with van der Waals surface area (Å²) >= 11 is 0. The lowest BCUT2D eigenvalue weighted by Gasteiger charge is -2.33. The Labute approximate surface area is 129 Å². The van der Waals surface area contributed by atoms with Crippen molar-refractivity contribution in [2.75, 3.05) is 26.2 Å². The highest BCUT2D eigenvalue weighted by Gasteiger charge is 2.31. The van der Waals surface area contributed by atoms with Gasteiger partial charge >= 0.3 is 0 Å². The van der Waals surface area contributed by atoms with Crippen molar-refractivity contribution in [1.29, 1.82) is 0 Å². The lowest BCUT2D eigenvalue weighted by atomic mass is 9.95. The second-order valence-corrected chi connectivity index (χ2v) is 6.05. The second kappa shape index (κ2) is 6.34. The van der Waals surface area contributed by atoms with Crippen LogP contribution in [0.5, 0.6) is 0 Å². The van der Waals surface area contributed by atoms with Gasteiger partial charge in [-0.15, -0.1) is 0 Å². The van der Waals surface area contributed by atoms with Crippen LogP contribution in [-0.2, 0) is 4.79 Å². The summed E-state index contributed by atoms with van der Waals surface area (Å²) in [7, 11) is 0. The Kier molecular flexibility index (Phi) is 4.27. The Balaban J connectivity index is 1.57. The zero-order chi connectivity index (χ0) is 15.5. The standard InChI is InChI=1S/C16H21N3O3/c20-15(17-7-1-2-8-17)13-5-10-18(11-6-13)16(21)14-4-3-9-19(22)12-14/h3-4,9,12-13H,1-2,5-8,10-11H2. The fourth-order valence-electron chi connectivity index (χ4n) is 3.29. The third-order valence-electron chi connectivity index (χ3n) is 4.57. The number of aromatic nitrogens is 1. The lowest BCUT2D eigenvalue weighted by molar-refractivity contribution is -0.605. The van der Waals surface area contributed by atoms with E-state index in [0.29, 0.717) is 36.2 Å².